The number of rotatable bonds is 4. The van der Waals surface area contributed by atoms with Gasteiger partial charge in [-0.15, -0.1) is 0 Å². The van der Waals surface area contributed by atoms with Crippen molar-refractivity contribution in [1.82, 2.24) is 0 Å². The maximum Gasteiger partial charge on any atom is 0.0942 e. The lowest BCUT2D eigenvalue weighted by Gasteiger charge is -2.42. The highest BCUT2D eigenvalue weighted by Gasteiger charge is 2.40. The fourth-order valence-corrected chi connectivity index (χ4v) is 2.73. The van der Waals surface area contributed by atoms with Gasteiger partial charge in [0.25, 0.3) is 0 Å². The van der Waals surface area contributed by atoms with Crippen molar-refractivity contribution in [3.05, 3.63) is 0 Å². The van der Waals surface area contributed by atoms with Crippen LogP contribution >= 0.6 is 0 Å². The molecule has 0 aromatic carbocycles. The van der Waals surface area contributed by atoms with E-state index >= 15 is 0 Å². The van der Waals surface area contributed by atoms with Crippen molar-refractivity contribution in [3.63, 3.8) is 0 Å². The molecule has 1 fully saturated rings. The number of hydrogen-bond acceptors (Lipinski definition) is 2. The largest absolute Gasteiger partial charge is 0.390 e. The first-order valence-corrected chi connectivity index (χ1v) is 5.96. The Morgan fingerprint density at radius 3 is 2.71 bits per heavy atom. The van der Waals surface area contributed by atoms with Gasteiger partial charge in [-0.25, -0.2) is 0 Å². The maximum absolute atomic E-state index is 10.1. The molecule has 1 aliphatic carbocycles. The van der Waals surface area contributed by atoms with Crippen LogP contribution in [0.5, 0.6) is 0 Å². The Bertz CT molecular complexity index is 166. The molecule has 1 aliphatic rings. The van der Waals surface area contributed by atoms with E-state index in [1.807, 2.05) is 13.8 Å². The number of ether oxygens (including phenoxy) is 1. The first-order chi connectivity index (χ1) is 6.64. The molecule has 1 N–H and O–H groups in total. The molecule has 3 unspecified atom stereocenters. The molecule has 0 heterocycles. The summed E-state index contributed by atoms with van der Waals surface area (Å²) >= 11 is 0. The summed E-state index contributed by atoms with van der Waals surface area (Å²) in [7, 11) is 0. The maximum atomic E-state index is 10.1. The Kier molecular flexibility index (Phi) is 4.39. The van der Waals surface area contributed by atoms with Crippen LogP contribution in [0.15, 0.2) is 0 Å². The lowest BCUT2D eigenvalue weighted by molar-refractivity contribution is -0.148. The van der Waals surface area contributed by atoms with Crippen molar-refractivity contribution >= 4 is 0 Å². The van der Waals surface area contributed by atoms with Crippen LogP contribution in [0.2, 0.25) is 0 Å². The van der Waals surface area contributed by atoms with Gasteiger partial charge in [0.1, 0.15) is 0 Å². The molecule has 0 aromatic rings. The molecule has 3 atom stereocenters. The van der Waals surface area contributed by atoms with E-state index < -0.39 is 0 Å². The highest BCUT2D eigenvalue weighted by molar-refractivity contribution is 4.92. The summed E-state index contributed by atoms with van der Waals surface area (Å²) < 4.78 is 5.84. The lowest BCUT2D eigenvalue weighted by atomic mass is 9.75. The molecule has 14 heavy (non-hydrogen) atoms. The van der Waals surface area contributed by atoms with Crippen molar-refractivity contribution in [1.29, 1.82) is 0 Å². The predicted octanol–water partition coefficient (Wildman–Crippen LogP) is 2.74. The third-order valence-corrected chi connectivity index (χ3v) is 3.42. The molecule has 0 radical (unpaired) electrons. The second-order valence-corrected chi connectivity index (χ2v) is 4.62. The zero-order chi connectivity index (χ0) is 10.6. The lowest BCUT2D eigenvalue weighted by Crippen LogP contribution is -2.48. The monoisotopic (exact) mass is 200 g/mol. The summed E-state index contributed by atoms with van der Waals surface area (Å²) in [6.45, 7) is 7.02. The smallest absolute Gasteiger partial charge is 0.0942 e. The van der Waals surface area contributed by atoms with Crippen molar-refractivity contribution in [2.75, 3.05) is 6.61 Å². The van der Waals surface area contributed by atoms with Gasteiger partial charge in [0.15, 0.2) is 0 Å². The first-order valence-electron chi connectivity index (χ1n) is 5.96. The zero-order valence-corrected chi connectivity index (χ0v) is 9.75. The van der Waals surface area contributed by atoms with Crippen molar-refractivity contribution in [3.8, 4) is 0 Å². The average Bonchev–Trinajstić information content (AvgIpc) is 2.17. The van der Waals surface area contributed by atoms with Gasteiger partial charge in [-0.05, 0) is 32.1 Å². The summed E-state index contributed by atoms with van der Waals surface area (Å²) in [6, 6.07) is 0. The second kappa shape index (κ2) is 5.13. The fourth-order valence-electron chi connectivity index (χ4n) is 2.73. The number of aliphatic hydroxyl groups is 1. The van der Waals surface area contributed by atoms with E-state index in [0.29, 0.717) is 12.5 Å². The van der Waals surface area contributed by atoms with Gasteiger partial charge in [-0.2, -0.15) is 0 Å². The molecule has 0 aromatic heterocycles. The van der Waals surface area contributed by atoms with Gasteiger partial charge in [0.05, 0.1) is 11.7 Å². The van der Waals surface area contributed by atoms with Gasteiger partial charge >= 0.3 is 0 Å². The summed E-state index contributed by atoms with van der Waals surface area (Å²) in [5.74, 6) is 0.691. The molecule has 0 spiro atoms. The Morgan fingerprint density at radius 1 is 1.50 bits per heavy atom. The standard InChI is InChI=1S/C12H24O2/c1-4-11(13)12(14-5-2)8-6-7-10(3)9-12/h10-11,13H,4-9H2,1-3H3. The molecule has 2 heteroatoms. The first kappa shape index (κ1) is 12.0. The van der Waals surface area contributed by atoms with E-state index in [0.717, 1.165) is 19.3 Å². The molecule has 1 rings (SSSR count). The van der Waals surface area contributed by atoms with Crippen molar-refractivity contribution < 1.29 is 9.84 Å². The topological polar surface area (TPSA) is 29.5 Å². The van der Waals surface area contributed by atoms with Crippen molar-refractivity contribution in [2.24, 2.45) is 5.92 Å². The fraction of sp³-hybridized carbons (Fsp3) is 1.00. The molecule has 0 bridgehead atoms. The molecule has 0 amide bonds. The van der Waals surface area contributed by atoms with Crippen LogP contribution in [0.25, 0.3) is 0 Å². The zero-order valence-electron chi connectivity index (χ0n) is 9.75. The number of aliphatic hydroxyl groups excluding tert-OH is 1. The van der Waals surface area contributed by atoms with E-state index in [9.17, 15) is 5.11 Å². The Balaban J connectivity index is 2.68. The van der Waals surface area contributed by atoms with Gasteiger partial charge in [-0.3, -0.25) is 0 Å². The van der Waals surface area contributed by atoms with Crippen molar-refractivity contribution in [2.45, 2.75) is 64.6 Å². The van der Waals surface area contributed by atoms with Crippen LogP contribution in [0.3, 0.4) is 0 Å². The molecular formula is C12H24O2. The third kappa shape index (κ3) is 2.48. The highest BCUT2D eigenvalue weighted by Crippen LogP contribution is 2.38. The molecular weight excluding hydrogens is 176 g/mol. The van der Waals surface area contributed by atoms with E-state index in [1.54, 1.807) is 0 Å². The third-order valence-electron chi connectivity index (χ3n) is 3.42. The second-order valence-electron chi connectivity index (χ2n) is 4.62. The van der Waals surface area contributed by atoms with Gasteiger partial charge in [-0.1, -0.05) is 26.7 Å². The molecule has 2 nitrogen and oxygen atoms in total. The summed E-state index contributed by atoms with van der Waals surface area (Å²) in [6.07, 6.45) is 5.04. The van der Waals surface area contributed by atoms with E-state index in [1.165, 1.54) is 12.8 Å². The Labute approximate surface area is 87.7 Å². The predicted molar refractivity (Wildman–Crippen MR) is 58.3 cm³/mol. The Hall–Kier alpha value is -0.0800. The van der Waals surface area contributed by atoms with Crippen LogP contribution in [-0.4, -0.2) is 23.4 Å². The van der Waals surface area contributed by atoms with Gasteiger partial charge in [0, 0.05) is 6.61 Å². The molecule has 1 saturated carbocycles. The summed E-state index contributed by atoms with van der Waals surface area (Å²) in [5.41, 5.74) is -0.235. The summed E-state index contributed by atoms with van der Waals surface area (Å²) in [4.78, 5) is 0. The quantitative estimate of drug-likeness (QED) is 0.756. The molecule has 0 saturated heterocycles. The normalized spacial score (nSPS) is 35.6. The van der Waals surface area contributed by atoms with Crippen LogP contribution in [0.4, 0.5) is 0 Å². The van der Waals surface area contributed by atoms with Crippen LogP contribution in [0, 0.1) is 5.92 Å². The molecule has 0 aliphatic heterocycles. The highest BCUT2D eigenvalue weighted by atomic mass is 16.5. The summed E-state index contributed by atoms with van der Waals surface area (Å²) in [5, 5.41) is 10.1. The van der Waals surface area contributed by atoms with Crippen LogP contribution in [0.1, 0.15) is 52.9 Å². The molecule has 84 valence electrons. The Morgan fingerprint density at radius 2 is 2.21 bits per heavy atom. The van der Waals surface area contributed by atoms with E-state index in [-0.39, 0.29) is 11.7 Å². The SMILES string of the molecule is CCOC1(C(O)CC)CCCC(C)C1. The van der Waals surface area contributed by atoms with Crippen LogP contribution < -0.4 is 0 Å². The van der Waals surface area contributed by atoms with Gasteiger partial charge in [0.2, 0.25) is 0 Å². The van der Waals surface area contributed by atoms with E-state index in [2.05, 4.69) is 6.92 Å². The minimum Gasteiger partial charge on any atom is -0.390 e. The van der Waals surface area contributed by atoms with E-state index in [4.69, 9.17) is 4.74 Å². The van der Waals surface area contributed by atoms with Crippen LogP contribution in [-0.2, 0) is 4.74 Å². The minimum absolute atomic E-state index is 0.235. The average molecular weight is 200 g/mol. The van der Waals surface area contributed by atoms with Gasteiger partial charge < -0.3 is 9.84 Å². The number of hydrogen-bond donors (Lipinski definition) is 1. The minimum atomic E-state index is -0.287.